The molecule has 1 aromatic carbocycles. The Labute approximate surface area is 122 Å². The number of carbonyl (C=O) groups is 1. The number of amides is 1. The van der Waals surface area contributed by atoms with Gasteiger partial charge in [-0.2, -0.15) is 0 Å². The molecule has 1 aliphatic rings. The van der Waals surface area contributed by atoms with Gasteiger partial charge < -0.3 is 10.6 Å². The fourth-order valence-corrected chi connectivity index (χ4v) is 3.53. The quantitative estimate of drug-likeness (QED) is 0.917. The average Bonchev–Trinajstić information content (AvgIpc) is 2.87. The molecule has 1 saturated carbocycles. The number of nitrogens with zero attached hydrogens (tertiary/aromatic N) is 1. The van der Waals surface area contributed by atoms with Crippen molar-refractivity contribution in [1.82, 2.24) is 4.90 Å². The van der Waals surface area contributed by atoms with E-state index in [-0.39, 0.29) is 5.91 Å². The number of benzene rings is 1. The molecule has 1 aromatic rings. The largest absolute Gasteiger partial charge is 0.336 e. The maximum Gasteiger partial charge on any atom is 0.254 e. The Morgan fingerprint density at radius 2 is 1.95 bits per heavy atom. The van der Waals surface area contributed by atoms with E-state index in [0.29, 0.717) is 18.5 Å². The Morgan fingerprint density at radius 3 is 2.50 bits per heavy atom. The van der Waals surface area contributed by atoms with Crippen LogP contribution in [0.2, 0.25) is 0 Å². The molecule has 1 fully saturated rings. The molecule has 3 nitrogen and oxygen atoms in total. The van der Waals surface area contributed by atoms with Gasteiger partial charge in [-0.25, -0.2) is 0 Å². The highest BCUT2D eigenvalue weighted by molar-refractivity contribution is 5.97. The third kappa shape index (κ3) is 2.73. The molecule has 0 radical (unpaired) electrons. The van der Waals surface area contributed by atoms with E-state index >= 15 is 0 Å². The van der Waals surface area contributed by atoms with Crippen molar-refractivity contribution in [1.29, 1.82) is 0 Å². The fourth-order valence-electron chi connectivity index (χ4n) is 3.53. The van der Waals surface area contributed by atoms with Crippen LogP contribution < -0.4 is 5.73 Å². The van der Waals surface area contributed by atoms with Gasteiger partial charge >= 0.3 is 0 Å². The van der Waals surface area contributed by atoms with Gasteiger partial charge in [0.1, 0.15) is 0 Å². The SMILES string of the molecule is CCN(C(=O)c1c(C)cccc1C)C1CCCC1CN. The molecule has 0 heterocycles. The van der Waals surface area contributed by atoms with Gasteiger partial charge in [-0.1, -0.05) is 24.6 Å². The van der Waals surface area contributed by atoms with Gasteiger partial charge in [-0.05, 0) is 57.2 Å². The van der Waals surface area contributed by atoms with E-state index in [1.807, 2.05) is 36.9 Å². The molecular weight excluding hydrogens is 248 g/mol. The summed E-state index contributed by atoms with van der Waals surface area (Å²) in [6, 6.07) is 6.36. The first kappa shape index (κ1) is 15.0. The van der Waals surface area contributed by atoms with Crippen LogP contribution in [-0.2, 0) is 0 Å². The van der Waals surface area contributed by atoms with E-state index in [2.05, 4.69) is 6.92 Å². The lowest BCUT2D eigenvalue weighted by Gasteiger charge is -2.32. The van der Waals surface area contributed by atoms with Crippen molar-refractivity contribution in [2.24, 2.45) is 11.7 Å². The molecular formula is C17H26N2O. The fraction of sp³-hybridized carbons (Fsp3) is 0.588. The lowest BCUT2D eigenvalue weighted by Crippen LogP contribution is -2.44. The maximum absolute atomic E-state index is 13.0. The minimum atomic E-state index is 0.174. The third-order valence-corrected chi connectivity index (χ3v) is 4.62. The van der Waals surface area contributed by atoms with Gasteiger partial charge in [-0.15, -0.1) is 0 Å². The monoisotopic (exact) mass is 274 g/mol. The van der Waals surface area contributed by atoms with Crippen LogP contribution in [0.25, 0.3) is 0 Å². The maximum atomic E-state index is 13.0. The Bertz CT molecular complexity index is 464. The zero-order chi connectivity index (χ0) is 14.7. The summed E-state index contributed by atoms with van der Waals surface area (Å²) >= 11 is 0. The molecule has 1 aliphatic carbocycles. The first-order valence-electron chi connectivity index (χ1n) is 7.67. The molecule has 0 aliphatic heterocycles. The lowest BCUT2D eigenvalue weighted by molar-refractivity contribution is 0.0650. The summed E-state index contributed by atoms with van der Waals surface area (Å²) in [4.78, 5) is 15.0. The summed E-state index contributed by atoms with van der Waals surface area (Å²) < 4.78 is 0. The Balaban J connectivity index is 2.30. The molecule has 0 saturated heterocycles. The Morgan fingerprint density at radius 1 is 1.30 bits per heavy atom. The molecule has 0 bridgehead atoms. The molecule has 2 N–H and O–H groups in total. The molecule has 2 atom stereocenters. The van der Waals surface area contributed by atoms with Crippen LogP contribution in [0.3, 0.4) is 0 Å². The number of aryl methyl sites for hydroxylation is 2. The number of hydrogen-bond acceptors (Lipinski definition) is 2. The summed E-state index contributed by atoms with van der Waals surface area (Å²) in [7, 11) is 0. The molecule has 2 unspecified atom stereocenters. The minimum absolute atomic E-state index is 0.174. The number of nitrogens with two attached hydrogens (primary N) is 1. The topological polar surface area (TPSA) is 46.3 Å². The van der Waals surface area contributed by atoms with Crippen LogP contribution in [0, 0.1) is 19.8 Å². The number of carbonyl (C=O) groups excluding carboxylic acids is 1. The van der Waals surface area contributed by atoms with Gasteiger partial charge in [0.05, 0.1) is 0 Å². The molecule has 0 aromatic heterocycles. The van der Waals surface area contributed by atoms with E-state index in [9.17, 15) is 4.79 Å². The zero-order valence-electron chi connectivity index (χ0n) is 12.9. The summed E-state index contributed by atoms with van der Waals surface area (Å²) in [6.45, 7) is 7.54. The Hall–Kier alpha value is -1.35. The second kappa shape index (κ2) is 6.40. The molecule has 110 valence electrons. The van der Waals surface area contributed by atoms with E-state index in [1.54, 1.807) is 0 Å². The zero-order valence-corrected chi connectivity index (χ0v) is 12.9. The van der Waals surface area contributed by atoms with Crippen LogP contribution in [0.4, 0.5) is 0 Å². The second-order valence-corrected chi connectivity index (χ2v) is 5.85. The highest BCUT2D eigenvalue weighted by atomic mass is 16.2. The minimum Gasteiger partial charge on any atom is -0.336 e. The van der Waals surface area contributed by atoms with Crippen molar-refractivity contribution in [2.45, 2.75) is 46.1 Å². The first-order valence-corrected chi connectivity index (χ1v) is 7.67. The summed E-state index contributed by atoms with van der Waals surface area (Å²) in [6.07, 6.45) is 3.42. The first-order chi connectivity index (χ1) is 9.60. The molecule has 3 heteroatoms. The third-order valence-electron chi connectivity index (χ3n) is 4.62. The number of rotatable bonds is 4. The van der Waals surface area contributed by atoms with Crippen molar-refractivity contribution in [3.05, 3.63) is 34.9 Å². The predicted molar refractivity (Wildman–Crippen MR) is 82.8 cm³/mol. The predicted octanol–water partition coefficient (Wildman–Crippen LogP) is 2.89. The van der Waals surface area contributed by atoms with Gasteiger partial charge in [0, 0.05) is 18.2 Å². The Kier molecular flexibility index (Phi) is 4.81. The van der Waals surface area contributed by atoms with E-state index in [4.69, 9.17) is 5.73 Å². The van der Waals surface area contributed by atoms with E-state index in [1.165, 1.54) is 6.42 Å². The van der Waals surface area contributed by atoms with Gasteiger partial charge in [0.25, 0.3) is 5.91 Å². The highest BCUT2D eigenvalue weighted by Crippen LogP contribution is 2.30. The van der Waals surface area contributed by atoms with Crippen LogP contribution in [0.1, 0.15) is 47.7 Å². The van der Waals surface area contributed by atoms with Crippen LogP contribution in [-0.4, -0.2) is 29.9 Å². The molecule has 20 heavy (non-hydrogen) atoms. The summed E-state index contributed by atoms with van der Waals surface area (Å²) in [5.74, 6) is 0.636. The molecule has 2 rings (SSSR count). The standard InChI is InChI=1S/C17H26N2O/c1-4-19(15-10-6-9-14(15)11-18)17(20)16-12(2)7-5-8-13(16)3/h5,7-8,14-15H,4,6,9-11,18H2,1-3H3. The van der Waals surface area contributed by atoms with Crippen molar-refractivity contribution >= 4 is 5.91 Å². The normalized spacial score (nSPS) is 22.0. The molecule has 0 spiro atoms. The number of hydrogen-bond donors (Lipinski definition) is 1. The van der Waals surface area contributed by atoms with Crippen LogP contribution in [0.5, 0.6) is 0 Å². The average molecular weight is 274 g/mol. The van der Waals surface area contributed by atoms with Crippen LogP contribution in [0.15, 0.2) is 18.2 Å². The second-order valence-electron chi connectivity index (χ2n) is 5.85. The smallest absolute Gasteiger partial charge is 0.254 e. The van der Waals surface area contributed by atoms with Crippen molar-refractivity contribution in [3.63, 3.8) is 0 Å². The van der Waals surface area contributed by atoms with Gasteiger partial charge in [-0.3, -0.25) is 4.79 Å². The van der Waals surface area contributed by atoms with Gasteiger partial charge in [0.15, 0.2) is 0 Å². The van der Waals surface area contributed by atoms with E-state index < -0.39 is 0 Å². The van der Waals surface area contributed by atoms with E-state index in [0.717, 1.165) is 36.1 Å². The van der Waals surface area contributed by atoms with Gasteiger partial charge in [0.2, 0.25) is 0 Å². The van der Waals surface area contributed by atoms with Crippen molar-refractivity contribution < 1.29 is 4.79 Å². The highest BCUT2D eigenvalue weighted by Gasteiger charge is 2.34. The van der Waals surface area contributed by atoms with Crippen molar-refractivity contribution in [3.8, 4) is 0 Å². The van der Waals surface area contributed by atoms with Crippen molar-refractivity contribution in [2.75, 3.05) is 13.1 Å². The lowest BCUT2D eigenvalue weighted by atomic mass is 9.98. The van der Waals surface area contributed by atoms with Crippen LogP contribution >= 0.6 is 0 Å². The summed E-state index contributed by atoms with van der Waals surface area (Å²) in [5.41, 5.74) is 8.88. The summed E-state index contributed by atoms with van der Waals surface area (Å²) in [5, 5.41) is 0. The molecule has 1 amide bonds.